The number of allylic oxidation sites excluding steroid dienone is 2. The Bertz CT molecular complexity index is 394. The van der Waals surface area contributed by atoms with Gasteiger partial charge in [-0.3, -0.25) is 0 Å². The van der Waals surface area contributed by atoms with Crippen LogP contribution in [0.15, 0.2) is 30.3 Å². The van der Waals surface area contributed by atoms with Gasteiger partial charge in [-0.05, 0) is 48.8 Å². The summed E-state index contributed by atoms with van der Waals surface area (Å²) in [5.41, 5.74) is 3.97. The first kappa shape index (κ1) is 13.6. The molecular weight excluding hydrogens is 244 g/mol. The summed E-state index contributed by atoms with van der Waals surface area (Å²) < 4.78 is 0. The van der Waals surface area contributed by atoms with Gasteiger partial charge in [-0.1, -0.05) is 36.8 Å². The highest BCUT2D eigenvalue weighted by Gasteiger charge is 2.07. The number of hydrogen-bond donors (Lipinski definition) is 1. The molecule has 1 atom stereocenters. The van der Waals surface area contributed by atoms with Gasteiger partial charge in [-0.2, -0.15) is 0 Å². The van der Waals surface area contributed by atoms with Gasteiger partial charge in [0, 0.05) is 5.88 Å². The first-order valence-electron chi connectivity index (χ1n) is 6.82. The smallest absolute Gasteiger partial charge is 0.0715 e. The molecule has 0 saturated heterocycles. The lowest BCUT2D eigenvalue weighted by molar-refractivity contribution is 0.199. The van der Waals surface area contributed by atoms with Crippen molar-refractivity contribution in [3.05, 3.63) is 41.5 Å². The highest BCUT2D eigenvalue weighted by molar-refractivity contribution is 6.18. The summed E-state index contributed by atoms with van der Waals surface area (Å²) in [5, 5.41) is 9.52. The predicted molar refractivity (Wildman–Crippen MR) is 77.9 cm³/mol. The highest BCUT2D eigenvalue weighted by Crippen LogP contribution is 2.26. The van der Waals surface area contributed by atoms with Gasteiger partial charge >= 0.3 is 0 Å². The summed E-state index contributed by atoms with van der Waals surface area (Å²) in [7, 11) is 0. The Kier molecular flexibility index (Phi) is 5.27. The Morgan fingerprint density at radius 1 is 1.11 bits per heavy atom. The van der Waals surface area contributed by atoms with Crippen molar-refractivity contribution in [1.82, 2.24) is 0 Å². The number of aliphatic hydroxyl groups is 1. The van der Waals surface area contributed by atoms with Crippen LogP contribution in [-0.2, 0) is 6.42 Å². The summed E-state index contributed by atoms with van der Waals surface area (Å²) >= 11 is 5.61. The Hall–Kier alpha value is -0.790. The van der Waals surface area contributed by atoms with E-state index in [1.165, 1.54) is 43.2 Å². The molecule has 18 heavy (non-hydrogen) atoms. The Balaban J connectivity index is 2.04. The van der Waals surface area contributed by atoms with E-state index in [0.29, 0.717) is 12.3 Å². The molecule has 0 amide bonds. The number of halogens is 1. The second-order valence-corrected chi connectivity index (χ2v) is 5.35. The molecule has 1 aliphatic carbocycles. The van der Waals surface area contributed by atoms with Crippen molar-refractivity contribution in [3.8, 4) is 0 Å². The van der Waals surface area contributed by atoms with Crippen molar-refractivity contribution in [2.24, 2.45) is 0 Å². The van der Waals surface area contributed by atoms with Gasteiger partial charge in [0.15, 0.2) is 0 Å². The summed E-state index contributed by atoms with van der Waals surface area (Å²) in [6, 6.07) is 8.56. The van der Waals surface area contributed by atoms with Crippen LogP contribution < -0.4 is 0 Å². The minimum Gasteiger partial charge on any atom is -0.392 e. The van der Waals surface area contributed by atoms with E-state index in [9.17, 15) is 5.11 Å². The number of aliphatic hydroxyl groups excluding tert-OH is 1. The standard InChI is InChI=1S/C16H21ClO/c17-12-16(18)11-13-7-9-15(10-8-13)14-5-3-1-2-4-6-14/h5,7-10,16,18H,1-4,6,11-12H2/t16-/m1/s1. The van der Waals surface area contributed by atoms with Crippen LogP contribution in [0.3, 0.4) is 0 Å². The number of hydrogen-bond acceptors (Lipinski definition) is 1. The van der Waals surface area contributed by atoms with E-state index in [-0.39, 0.29) is 0 Å². The summed E-state index contributed by atoms with van der Waals surface area (Å²) in [4.78, 5) is 0. The molecule has 0 unspecified atom stereocenters. The topological polar surface area (TPSA) is 20.2 Å². The molecular formula is C16H21ClO. The van der Waals surface area contributed by atoms with Crippen LogP contribution >= 0.6 is 11.6 Å². The molecule has 98 valence electrons. The summed E-state index contributed by atoms with van der Waals surface area (Å²) in [6.45, 7) is 0. The maximum absolute atomic E-state index is 9.52. The van der Waals surface area contributed by atoms with Gasteiger partial charge in [-0.25, -0.2) is 0 Å². The van der Waals surface area contributed by atoms with Crippen LogP contribution in [-0.4, -0.2) is 17.1 Å². The van der Waals surface area contributed by atoms with Crippen LogP contribution in [0.2, 0.25) is 0 Å². The molecule has 1 aromatic carbocycles. The SMILES string of the molecule is O[C@@H](CCl)Cc1ccc(C2=CCCCCC2)cc1. The fraction of sp³-hybridized carbons (Fsp3) is 0.500. The first-order valence-corrected chi connectivity index (χ1v) is 7.35. The lowest BCUT2D eigenvalue weighted by Crippen LogP contribution is -2.11. The average Bonchev–Trinajstić information content (AvgIpc) is 2.68. The van der Waals surface area contributed by atoms with Gasteiger partial charge in [0.05, 0.1) is 6.10 Å². The maximum atomic E-state index is 9.52. The molecule has 2 heteroatoms. The van der Waals surface area contributed by atoms with Crippen molar-refractivity contribution in [2.75, 3.05) is 5.88 Å². The van der Waals surface area contributed by atoms with E-state index in [1.54, 1.807) is 0 Å². The van der Waals surface area contributed by atoms with E-state index in [1.807, 2.05) is 0 Å². The van der Waals surface area contributed by atoms with Crippen LogP contribution in [0.5, 0.6) is 0 Å². The highest BCUT2D eigenvalue weighted by atomic mass is 35.5. The third kappa shape index (κ3) is 3.86. The monoisotopic (exact) mass is 264 g/mol. The molecule has 0 spiro atoms. The molecule has 0 heterocycles. The van der Waals surface area contributed by atoms with Crippen LogP contribution in [0.1, 0.15) is 43.2 Å². The number of benzene rings is 1. The molecule has 0 aromatic heterocycles. The van der Waals surface area contributed by atoms with Crippen LogP contribution in [0.4, 0.5) is 0 Å². The maximum Gasteiger partial charge on any atom is 0.0715 e. The van der Waals surface area contributed by atoms with Crippen LogP contribution in [0, 0.1) is 0 Å². The van der Waals surface area contributed by atoms with Crippen molar-refractivity contribution in [1.29, 1.82) is 0 Å². The minimum atomic E-state index is -0.436. The number of alkyl halides is 1. The van der Waals surface area contributed by atoms with E-state index in [0.717, 1.165) is 5.56 Å². The molecule has 0 fully saturated rings. The molecule has 1 aliphatic rings. The Labute approximate surface area is 114 Å². The molecule has 1 N–H and O–H groups in total. The Morgan fingerprint density at radius 2 is 1.89 bits per heavy atom. The molecule has 0 radical (unpaired) electrons. The average molecular weight is 265 g/mol. The third-order valence-electron chi connectivity index (χ3n) is 3.52. The lowest BCUT2D eigenvalue weighted by atomic mass is 9.99. The third-order valence-corrected chi connectivity index (χ3v) is 3.87. The summed E-state index contributed by atoms with van der Waals surface area (Å²) in [5.74, 6) is 0.299. The molecule has 0 bridgehead atoms. The Morgan fingerprint density at radius 3 is 2.61 bits per heavy atom. The number of rotatable bonds is 4. The molecule has 1 aromatic rings. The quantitative estimate of drug-likeness (QED) is 0.809. The van der Waals surface area contributed by atoms with Gasteiger partial charge in [0.25, 0.3) is 0 Å². The predicted octanol–water partition coefficient (Wildman–Crippen LogP) is 4.18. The van der Waals surface area contributed by atoms with E-state index < -0.39 is 6.10 Å². The van der Waals surface area contributed by atoms with Crippen molar-refractivity contribution in [2.45, 2.75) is 44.6 Å². The second kappa shape index (κ2) is 6.96. The van der Waals surface area contributed by atoms with Crippen molar-refractivity contribution in [3.63, 3.8) is 0 Å². The zero-order valence-corrected chi connectivity index (χ0v) is 11.5. The van der Waals surface area contributed by atoms with Gasteiger partial charge < -0.3 is 5.11 Å². The molecule has 1 nitrogen and oxygen atoms in total. The fourth-order valence-electron chi connectivity index (χ4n) is 2.46. The van der Waals surface area contributed by atoms with Crippen molar-refractivity contribution >= 4 is 17.2 Å². The van der Waals surface area contributed by atoms with E-state index in [2.05, 4.69) is 30.3 Å². The van der Waals surface area contributed by atoms with Crippen LogP contribution in [0.25, 0.3) is 5.57 Å². The first-order chi connectivity index (χ1) is 8.79. The van der Waals surface area contributed by atoms with E-state index >= 15 is 0 Å². The normalized spacial score (nSPS) is 18.0. The van der Waals surface area contributed by atoms with Gasteiger partial charge in [-0.15, -0.1) is 11.6 Å². The minimum absolute atomic E-state index is 0.299. The van der Waals surface area contributed by atoms with Gasteiger partial charge in [0.1, 0.15) is 0 Å². The summed E-state index contributed by atoms with van der Waals surface area (Å²) in [6.07, 6.45) is 8.97. The zero-order valence-electron chi connectivity index (χ0n) is 10.7. The molecule has 2 rings (SSSR count). The fourth-order valence-corrected chi connectivity index (χ4v) is 2.57. The van der Waals surface area contributed by atoms with Crippen molar-refractivity contribution < 1.29 is 5.11 Å². The molecule has 0 aliphatic heterocycles. The second-order valence-electron chi connectivity index (χ2n) is 5.04. The largest absolute Gasteiger partial charge is 0.392 e. The lowest BCUT2D eigenvalue weighted by Gasteiger charge is -2.09. The molecule has 0 saturated carbocycles. The zero-order chi connectivity index (χ0) is 12.8. The van der Waals surface area contributed by atoms with E-state index in [4.69, 9.17) is 11.6 Å². The van der Waals surface area contributed by atoms with Gasteiger partial charge in [0.2, 0.25) is 0 Å².